The van der Waals surface area contributed by atoms with Crippen LogP contribution in [0.1, 0.15) is 5.82 Å². The summed E-state index contributed by atoms with van der Waals surface area (Å²) in [6, 6.07) is 7.26. The van der Waals surface area contributed by atoms with Crippen molar-refractivity contribution in [3.63, 3.8) is 0 Å². The molecule has 2 aromatic rings. The number of ether oxygens (including phenoxy) is 1. The minimum atomic E-state index is 0.241. The SMILES string of the molecule is Cc1nc(-c2ccccc2O)n(CC[NH+]2CCOCC2)n1. The van der Waals surface area contributed by atoms with Gasteiger partial charge < -0.3 is 14.7 Å². The normalized spacial score (nSPS) is 16.2. The number of phenolic OH excluding ortho intramolecular Hbond substituents is 1. The molecule has 2 heterocycles. The average molecular weight is 289 g/mol. The summed E-state index contributed by atoms with van der Waals surface area (Å²) in [4.78, 5) is 5.99. The van der Waals surface area contributed by atoms with Crippen LogP contribution in [0.4, 0.5) is 0 Å². The van der Waals surface area contributed by atoms with E-state index < -0.39 is 0 Å². The van der Waals surface area contributed by atoms with Crippen molar-refractivity contribution in [1.29, 1.82) is 0 Å². The van der Waals surface area contributed by atoms with Gasteiger partial charge in [0.25, 0.3) is 0 Å². The van der Waals surface area contributed by atoms with Gasteiger partial charge in [0.05, 0.1) is 31.9 Å². The topological polar surface area (TPSA) is 64.6 Å². The van der Waals surface area contributed by atoms with Crippen molar-refractivity contribution >= 4 is 0 Å². The third-order valence-corrected chi connectivity index (χ3v) is 3.80. The quantitative estimate of drug-likeness (QED) is 0.823. The average Bonchev–Trinajstić information content (AvgIpc) is 2.87. The molecule has 6 nitrogen and oxygen atoms in total. The van der Waals surface area contributed by atoms with Crippen molar-refractivity contribution in [2.75, 3.05) is 32.8 Å². The highest BCUT2D eigenvalue weighted by molar-refractivity contribution is 5.63. The number of aromatic nitrogens is 3. The lowest BCUT2D eigenvalue weighted by atomic mass is 10.2. The largest absolute Gasteiger partial charge is 0.507 e. The van der Waals surface area contributed by atoms with E-state index in [0.29, 0.717) is 0 Å². The summed E-state index contributed by atoms with van der Waals surface area (Å²) in [6.45, 7) is 7.41. The summed E-state index contributed by atoms with van der Waals surface area (Å²) >= 11 is 0. The van der Waals surface area contributed by atoms with Crippen molar-refractivity contribution in [3.05, 3.63) is 30.1 Å². The molecule has 112 valence electrons. The molecule has 3 rings (SSSR count). The lowest BCUT2D eigenvalue weighted by Gasteiger charge is -2.23. The molecule has 0 spiro atoms. The van der Waals surface area contributed by atoms with Crippen LogP contribution in [0.15, 0.2) is 24.3 Å². The fraction of sp³-hybridized carbons (Fsp3) is 0.467. The van der Waals surface area contributed by atoms with Gasteiger partial charge >= 0.3 is 0 Å². The Labute approximate surface area is 124 Å². The van der Waals surface area contributed by atoms with Gasteiger partial charge in [0, 0.05) is 0 Å². The molecule has 0 radical (unpaired) electrons. The number of quaternary nitrogens is 1. The maximum atomic E-state index is 10.0. The van der Waals surface area contributed by atoms with Crippen LogP contribution in [0.2, 0.25) is 0 Å². The van der Waals surface area contributed by atoms with Crippen LogP contribution in [0, 0.1) is 6.92 Å². The predicted octanol–water partition coefficient (Wildman–Crippen LogP) is -0.126. The Morgan fingerprint density at radius 1 is 1.29 bits per heavy atom. The number of nitrogens with one attached hydrogen (secondary N) is 1. The lowest BCUT2D eigenvalue weighted by Crippen LogP contribution is -3.14. The van der Waals surface area contributed by atoms with E-state index >= 15 is 0 Å². The van der Waals surface area contributed by atoms with Gasteiger partial charge in [-0.15, -0.1) is 0 Å². The molecule has 1 aromatic carbocycles. The van der Waals surface area contributed by atoms with E-state index in [1.54, 1.807) is 6.07 Å². The van der Waals surface area contributed by atoms with E-state index in [9.17, 15) is 5.11 Å². The Balaban J connectivity index is 1.78. The molecule has 1 aliphatic heterocycles. The van der Waals surface area contributed by atoms with Gasteiger partial charge in [0.2, 0.25) is 0 Å². The van der Waals surface area contributed by atoms with Crippen molar-refractivity contribution in [1.82, 2.24) is 14.8 Å². The third kappa shape index (κ3) is 3.22. The second kappa shape index (κ2) is 6.24. The molecule has 21 heavy (non-hydrogen) atoms. The molecular weight excluding hydrogens is 268 g/mol. The van der Waals surface area contributed by atoms with Gasteiger partial charge in [-0.1, -0.05) is 12.1 Å². The molecule has 0 saturated carbocycles. The minimum Gasteiger partial charge on any atom is -0.507 e. The van der Waals surface area contributed by atoms with Gasteiger partial charge in [0.1, 0.15) is 24.7 Å². The first-order valence-electron chi connectivity index (χ1n) is 7.35. The van der Waals surface area contributed by atoms with Crippen molar-refractivity contribution < 1.29 is 14.7 Å². The van der Waals surface area contributed by atoms with Crippen LogP contribution < -0.4 is 4.90 Å². The maximum absolute atomic E-state index is 10.0. The fourth-order valence-corrected chi connectivity index (χ4v) is 2.65. The molecule has 1 saturated heterocycles. The first-order valence-corrected chi connectivity index (χ1v) is 7.35. The molecule has 1 aromatic heterocycles. The van der Waals surface area contributed by atoms with Gasteiger partial charge in [-0.25, -0.2) is 9.67 Å². The molecule has 0 unspecified atom stereocenters. The van der Waals surface area contributed by atoms with Gasteiger partial charge in [-0.3, -0.25) is 0 Å². The zero-order valence-corrected chi connectivity index (χ0v) is 12.2. The number of benzene rings is 1. The number of aryl methyl sites for hydroxylation is 1. The Morgan fingerprint density at radius 2 is 2.05 bits per heavy atom. The highest BCUT2D eigenvalue weighted by Gasteiger charge is 2.17. The molecule has 0 atom stereocenters. The second-order valence-electron chi connectivity index (χ2n) is 5.34. The first-order chi connectivity index (χ1) is 10.2. The summed E-state index contributed by atoms with van der Waals surface area (Å²) < 4.78 is 7.27. The Hall–Kier alpha value is -1.92. The van der Waals surface area contributed by atoms with Gasteiger partial charge in [-0.05, 0) is 19.1 Å². The summed E-state index contributed by atoms with van der Waals surface area (Å²) in [5, 5.41) is 14.5. The smallest absolute Gasteiger partial charge is 0.162 e. The minimum absolute atomic E-state index is 0.241. The number of rotatable bonds is 4. The number of nitrogens with zero attached hydrogens (tertiary/aromatic N) is 3. The number of hydrogen-bond acceptors (Lipinski definition) is 4. The first kappa shape index (κ1) is 14.0. The summed E-state index contributed by atoms with van der Waals surface area (Å²) in [5.74, 6) is 1.70. The highest BCUT2D eigenvalue weighted by atomic mass is 16.5. The molecule has 0 bridgehead atoms. The van der Waals surface area contributed by atoms with Crippen LogP contribution >= 0.6 is 0 Å². The van der Waals surface area contributed by atoms with E-state index in [4.69, 9.17) is 4.74 Å². The number of hydrogen-bond donors (Lipinski definition) is 2. The third-order valence-electron chi connectivity index (χ3n) is 3.80. The van der Waals surface area contributed by atoms with E-state index in [-0.39, 0.29) is 5.75 Å². The zero-order valence-electron chi connectivity index (χ0n) is 12.2. The fourth-order valence-electron chi connectivity index (χ4n) is 2.65. The van der Waals surface area contributed by atoms with Gasteiger partial charge in [-0.2, -0.15) is 5.10 Å². The second-order valence-corrected chi connectivity index (χ2v) is 5.34. The Morgan fingerprint density at radius 3 is 2.81 bits per heavy atom. The Kier molecular flexibility index (Phi) is 4.17. The van der Waals surface area contributed by atoms with Crippen LogP contribution in [0.5, 0.6) is 5.75 Å². The molecule has 6 heteroatoms. The number of morpholine rings is 1. The molecule has 0 aliphatic carbocycles. The molecule has 0 amide bonds. The van der Waals surface area contributed by atoms with Crippen molar-refractivity contribution in [2.45, 2.75) is 13.5 Å². The zero-order chi connectivity index (χ0) is 14.7. The predicted molar refractivity (Wildman–Crippen MR) is 78.2 cm³/mol. The summed E-state index contributed by atoms with van der Waals surface area (Å²) in [6.07, 6.45) is 0. The van der Waals surface area contributed by atoms with Crippen LogP contribution in [0.3, 0.4) is 0 Å². The monoisotopic (exact) mass is 289 g/mol. The Bertz CT molecular complexity index is 605. The highest BCUT2D eigenvalue weighted by Crippen LogP contribution is 2.26. The summed E-state index contributed by atoms with van der Waals surface area (Å²) in [5.41, 5.74) is 0.732. The van der Waals surface area contributed by atoms with E-state index in [1.165, 1.54) is 4.90 Å². The van der Waals surface area contributed by atoms with Gasteiger partial charge in [0.15, 0.2) is 5.82 Å². The van der Waals surface area contributed by atoms with Crippen molar-refractivity contribution in [2.24, 2.45) is 0 Å². The van der Waals surface area contributed by atoms with E-state index in [2.05, 4.69) is 10.1 Å². The lowest BCUT2D eigenvalue weighted by molar-refractivity contribution is -0.908. The van der Waals surface area contributed by atoms with E-state index in [0.717, 1.165) is 56.6 Å². The number of aromatic hydroxyl groups is 1. The number of phenols is 1. The number of para-hydroxylation sites is 1. The summed E-state index contributed by atoms with van der Waals surface area (Å²) in [7, 11) is 0. The maximum Gasteiger partial charge on any atom is 0.162 e. The van der Waals surface area contributed by atoms with Crippen molar-refractivity contribution in [3.8, 4) is 17.1 Å². The van der Waals surface area contributed by atoms with Crippen LogP contribution in [-0.2, 0) is 11.3 Å². The van der Waals surface area contributed by atoms with Crippen LogP contribution in [0.25, 0.3) is 11.4 Å². The van der Waals surface area contributed by atoms with E-state index in [1.807, 2.05) is 29.8 Å². The molecule has 1 fully saturated rings. The molecular formula is C15H21N4O2+. The molecule has 2 N–H and O–H groups in total. The molecule has 1 aliphatic rings. The standard InChI is InChI=1S/C15H20N4O2/c1-12-16-15(13-4-2-3-5-14(13)20)19(17-12)7-6-18-8-10-21-11-9-18/h2-5,20H,6-11H2,1H3/p+1. The van der Waals surface area contributed by atoms with Crippen LogP contribution in [-0.4, -0.2) is 52.7 Å².